The van der Waals surface area contributed by atoms with E-state index in [4.69, 9.17) is 25.5 Å². The molecule has 8 nitrogen and oxygen atoms in total. The van der Waals surface area contributed by atoms with E-state index in [1.165, 1.54) is 6.07 Å². The lowest BCUT2D eigenvalue weighted by atomic mass is 10.1. The molecule has 3 aromatic rings. The predicted octanol–water partition coefficient (Wildman–Crippen LogP) is 5.29. The second-order valence-corrected chi connectivity index (χ2v) is 9.84. The van der Waals surface area contributed by atoms with Crippen LogP contribution in [-0.4, -0.2) is 35.6 Å². The van der Waals surface area contributed by atoms with Crippen molar-refractivity contribution in [2.45, 2.75) is 38.8 Å². The van der Waals surface area contributed by atoms with Gasteiger partial charge in [0.15, 0.2) is 0 Å². The number of carbonyl (C=O) groups excluding carboxylic acids is 2. The summed E-state index contributed by atoms with van der Waals surface area (Å²) >= 11 is 9.57. The second-order valence-electron chi connectivity index (χ2n) is 8.67. The van der Waals surface area contributed by atoms with Gasteiger partial charge < -0.3 is 24.5 Å². The van der Waals surface area contributed by atoms with E-state index in [0.717, 1.165) is 5.56 Å². The van der Waals surface area contributed by atoms with Gasteiger partial charge in [-0.3, -0.25) is 4.79 Å². The molecule has 0 bridgehead atoms. The number of rotatable bonds is 8. The largest absolute Gasteiger partial charge is 0.463 e. The minimum Gasteiger partial charge on any atom is -0.463 e. The molecule has 1 heterocycles. The van der Waals surface area contributed by atoms with Crippen LogP contribution in [0.2, 0.25) is 5.02 Å². The number of anilines is 1. The van der Waals surface area contributed by atoms with Crippen LogP contribution < -0.4 is 21.0 Å². The lowest BCUT2D eigenvalue weighted by Crippen LogP contribution is -2.47. The molecule has 186 valence electrons. The number of alkyl carbamates (subject to hydrolysis) is 1. The first-order valence-corrected chi connectivity index (χ1v) is 12.4. The third-order valence-corrected chi connectivity index (χ3v) is 5.39. The third kappa shape index (κ3) is 7.47. The lowest BCUT2D eigenvalue weighted by Gasteiger charge is -2.23. The maximum Gasteiger partial charge on any atom is 0.408 e. The molecule has 2 N–H and O–H groups in total. The van der Waals surface area contributed by atoms with E-state index in [1.54, 1.807) is 32.9 Å². The lowest BCUT2D eigenvalue weighted by molar-refractivity contribution is -0.118. The van der Waals surface area contributed by atoms with Gasteiger partial charge in [0.05, 0.1) is 5.39 Å². The summed E-state index contributed by atoms with van der Waals surface area (Å²) in [6.07, 6.45) is -0.475. The molecule has 2 aromatic carbocycles. The highest BCUT2D eigenvalue weighted by molar-refractivity contribution is 9.09. The topological polar surface area (TPSA) is 107 Å². The fraction of sp³-hybridized carbons (Fsp3) is 0.320. The Balaban J connectivity index is 1.84. The predicted molar refractivity (Wildman–Crippen MR) is 139 cm³/mol. The molecule has 3 rings (SSSR count). The van der Waals surface area contributed by atoms with Gasteiger partial charge in [0.2, 0.25) is 5.91 Å². The molecular formula is C25H26BrClN2O6. The molecule has 10 heteroatoms. The normalized spacial score (nSPS) is 12.1. The van der Waals surface area contributed by atoms with Gasteiger partial charge in [0.1, 0.15) is 23.3 Å². The smallest absolute Gasteiger partial charge is 0.408 e. The summed E-state index contributed by atoms with van der Waals surface area (Å²) in [5, 5.41) is 6.69. The monoisotopic (exact) mass is 564 g/mol. The number of benzene rings is 2. The van der Waals surface area contributed by atoms with Gasteiger partial charge in [-0.1, -0.05) is 63.9 Å². The molecular weight excluding hydrogens is 540 g/mol. The molecule has 0 saturated heterocycles. The molecule has 1 atom stereocenters. The van der Waals surface area contributed by atoms with Crippen molar-refractivity contribution in [3.8, 4) is 5.95 Å². The van der Waals surface area contributed by atoms with Crippen LogP contribution in [0.3, 0.4) is 0 Å². The van der Waals surface area contributed by atoms with Crippen molar-refractivity contribution in [3.63, 3.8) is 0 Å². The first-order chi connectivity index (χ1) is 16.6. The Bertz CT molecular complexity index is 1260. The highest BCUT2D eigenvalue weighted by Crippen LogP contribution is 2.32. The molecule has 0 radical (unpaired) electrons. The Morgan fingerprint density at radius 1 is 1.11 bits per heavy atom. The number of ether oxygens (including phenoxy) is 2. The van der Waals surface area contributed by atoms with Crippen LogP contribution in [-0.2, 0) is 16.0 Å². The molecule has 2 amide bonds. The fourth-order valence-corrected chi connectivity index (χ4v) is 3.66. The third-order valence-electron chi connectivity index (χ3n) is 4.71. The van der Waals surface area contributed by atoms with Gasteiger partial charge in [-0.2, -0.15) is 0 Å². The molecule has 0 aliphatic heterocycles. The SMILES string of the molecule is CC(C)(C)OC(=O)N[C@@H](Cc1ccccc1)C(=O)Nc1ccc2c(Cl)c(OCCBr)oc(=O)c2c1. The van der Waals surface area contributed by atoms with Crippen LogP contribution in [0.5, 0.6) is 5.95 Å². The number of fused-ring (bicyclic) bond motifs is 1. The van der Waals surface area contributed by atoms with Crippen LogP contribution in [0.4, 0.5) is 10.5 Å². The summed E-state index contributed by atoms with van der Waals surface area (Å²) in [6.45, 7) is 5.48. The maximum atomic E-state index is 13.1. The maximum absolute atomic E-state index is 13.1. The molecule has 0 unspecified atom stereocenters. The summed E-state index contributed by atoms with van der Waals surface area (Å²) in [6, 6.07) is 13.0. The van der Waals surface area contributed by atoms with Crippen LogP contribution in [0, 0.1) is 0 Å². The van der Waals surface area contributed by atoms with Gasteiger partial charge in [-0.05, 0) is 38.5 Å². The van der Waals surface area contributed by atoms with E-state index in [0.29, 0.717) is 16.4 Å². The molecule has 0 aliphatic rings. The molecule has 0 spiro atoms. The van der Waals surface area contributed by atoms with Gasteiger partial charge in [0.25, 0.3) is 0 Å². The van der Waals surface area contributed by atoms with Crippen molar-refractivity contribution >= 4 is 56.0 Å². The first kappa shape index (κ1) is 26.6. The minimum atomic E-state index is -0.928. The van der Waals surface area contributed by atoms with Crippen LogP contribution in [0.25, 0.3) is 10.8 Å². The van der Waals surface area contributed by atoms with Gasteiger partial charge in [0, 0.05) is 22.8 Å². The Hall–Kier alpha value is -3.04. The first-order valence-electron chi connectivity index (χ1n) is 10.9. The number of halogens is 2. The van der Waals surface area contributed by atoms with E-state index in [1.807, 2.05) is 30.3 Å². The number of amides is 2. The van der Waals surface area contributed by atoms with E-state index in [-0.39, 0.29) is 29.4 Å². The quantitative estimate of drug-likeness (QED) is 0.359. The summed E-state index contributed by atoms with van der Waals surface area (Å²) in [5.41, 5.74) is -0.187. The van der Waals surface area contributed by atoms with E-state index in [9.17, 15) is 14.4 Å². The molecule has 35 heavy (non-hydrogen) atoms. The summed E-state index contributed by atoms with van der Waals surface area (Å²) in [5.74, 6) is -0.545. The van der Waals surface area contributed by atoms with Crippen molar-refractivity contribution in [3.05, 3.63) is 69.5 Å². The van der Waals surface area contributed by atoms with E-state index < -0.39 is 29.3 Å². The standard InChI is InChI=1S/C25H26BrClN2O6/c1-25(2,3)35-24(32)29-19(13-15-7-5-4-6-8-15)21(30)28-16-9-10-17-18(14-16)22(31)34-23(20(17)27)33-12-11-26/h4-10,14,19H,11-13H2,1-3H3,(H,28,30)(H,29,32)/t19-/m0/s1. The van der Waals surface area contributed by atoms with Gasteiger partial charge in [-0.25, -0.2) is 9.59 Å². The van der Waals surface area contributed by atoms with E-state index >= 15 is 0 Å². The zero-order valence-electron chi connectivity index (χ0n) is 19.5. The summed E-state index contributed by atoms with van der Waals surface area (Å²) < 4.78 is 15.9. The highest BCUT2D eigenvalue weighted by atomic mass is 79.9. The Kier molecular flexibility index (Phi) is 8.80. The number of alkyl halides is 1. The van der Waals surface area contributed by atoms with Crippen molar-refractivity contribution < 1.29 is 23.5 Å². The Morgan fingerprint density at radius 2 is 1.83 bits per heavy atom. The Morgan fingerprint density at radius 3 is 2.49 bits per heavy atom. The van der Waals surface area contributed by atoms with Crippen molar-refractivity contribution in [1.29, 1.82) is 0 Å². The van der Waals surface area contributed by atoms with Crippen LogP contribution in [0.15, 0.2) is 57.7 Å². The van der Waals surface area contributed by atoms with Crippen molar-refractivity contribution in [2.75, 3.05) is 17.3 Å². The zero-order chi connectivity index (χ0) is 25.6. The van der Waals surface area contributed by atoms with Crippen molar-refractivity contribution in [1.82, 2.24) is 5.32 Å². The summed E-state index contributed by atoms with van der Waals surface area (Å²) in [7, 11) is 0. The molecule has 1 aromatic heterocycles. The van der Waals surface area contributed by atoms with Gasteiger partial charge >= 0.3 is 17.7 Å². The van der Waals surface area contributed by atoms with Crippen LogP contribution in [0.1, 0.15) is 26.3 Å². The Labute approximate surface area is 216 Å². The molecule has 0 fully saturated rings. The fourth-order valence-electron chi connectivity index (χ4n) is 3.24. The number of nitrogens with one attached hydrogen (secondary N) is 2. The number of hydrogen-bond donors (Lipinski definition) is 2. The molecule has 0 saturated carbocycles. The number of hydrogen-bond acceptors (Lipinski definition) is 6. The number of carbonyl (C=O) groups is 2. The molecule has 0 aliphatic carbocycles. The van der Waals surface area contributed by atoms with Gasteiger partial charge in [-0.15, -0.1) is 0 Å². The van der Waals surface area contributed by atoms with E-state index in [2.05, 4.69) is 26.6 Å². The van der Waals surface area contributed by atoms with Crippen molar-refractivity contribution in [2.24, 2.45) is 0 Å². The average Bonchev–Trinajstić information content (AvgIpc) is 2.79. The zero-order valence-corrected chi connectivity index (χ0v) is 21.9. The van der Waals surface area contributed by atoms with Crippen LogP contribution >= 0.6 is 27.5 Å². The highest BCUT2D eigenvalue weighted by Gasteiger charge is 2.25. The summed E-state index contributed by atoms with van der Waals surface area (Å²) in [4.78, 5) is 38.0. The minimum absolute atomic E-state index is 0.0649. The second kappa shape index (κ2) is 11.6. The average molecular weight is 566 g/mol.